The molecule has 0 N–H and O–H groups in total. The maximum atomic E-state index is 4.40. The van der Waals surface area contributed by atoms with Gasteiger partial charge in [0, 0.05) is 6.54 Å². The molecule has 0 saturated heterocycles. The van der Waals surface area contributed by atoms with Gasteiger partial charge in [0.2, 0.25) is 0 Å². The summed E-state index contributed by atoms with van der Waals surface area (Å²) in [5, 5.41) is 8.93. The molecular formula is C17H19N3S. The van der Waals surface area contributed by atoms with E-state index in [1.807, 2.05) is 35.8 Å². The van der Waals surface area contributed by atoms with Crippen LogP contribution in [-0.2, 0) is 13.0 Å². The molecule has 2 rings (SSSR count). The van der Waals surface area contributed by atoms with E-state index in [0.717, 1.165) is 24.4 Å². The van der Waals surface area contributed by atoms with Gasteiger partial charge in [0.1, 0.15) is 0 Å². The predicted octanol–water partition coefficient (Wildman–Crippen LogP) is 3.96. The van der Waals surface area contributed by atoms with Crippen LogP contribution in [0.25, 0.3) is 5.57 Å². The Hall–Kier alpha value is -2.07. The molecule has 21 heavy (non-hydrogen) atoms. The third kappa shape index (κ3) is 4.20. The lowest BCUT2D eigenvalue weighted by Crippen LogP contribution is -2.06. The maximum Gasteiger partial charge on any atom is 0.188 e. The van der Waals surface area contributed by atoms with E-state index < -0.39 is 0 Å². The van der Waals surface area contributed by atoms with E-state index in [0.29, 0.717) is 5.16 Å². The van der Waals surface area contributed by atoms with Gasteiger partial charge in [-0.3, -0.25) is 0 Å². The number of aryl methyl sites for hydroxylation is 1. The Labute approximate surface area is 131 Å². The minimum atomic E-state index is 0.640. The van der Waals surface area contributed by atoms with Crippen molar-refractivity contribution < 1.29 is 0 Å². The summed E-state index contributed by atoms with van der Waals surface area (Å²) in [6.07, 6.45) is 8.49. The summed E-state index contributed by atoms with van der Waals surface area (Å²) >= 11 is 4.40. The van der Waals surface area contributed by atoms with E-state index in [4.69, 9.17) is 0 Å². The van der Waals surface area contributed by atoms with Gasteiger partial charge in [-0.2, -0.15) is 0 Å². The third-order valence-electron chi connectivity index (χ3n) is 3.14. The molecule has 0 bridgehead atoms. The molecule has 0 saturated carbocycles. The number of hydrogen-bond donors (Lipinski definition) is 1. The van der Waals surface area contributed by atoms with Crippen molar-refractivity contribution in [3.8, 4) is 0 Å². The second-order valence-electron chi connectivity index (χ2n) is 4.68. The van der Waals surface area contributed by atoms with Crippen molar-refractivity contribution in [2.24, 2.45) is 0 Å². The lowest BCUT2D eigenvalue weighted by atomic mass is 10.1. The predicted molar refractivity (Wildman–Crippen MR) is 90.4 cm³/mol. The van der Waals surface area contributed by atoms with Gasteiger partial charge in [0.25, 0.3) is 0 Å². The van der Waals surface area contributed by atoms with Crippen LogP contribution in [0.3, 0.4) is 0 Å². The van der Waals surface area contributed by atoms with E-state index in [9.17, 15) is 0 Å². The molecular weight excluding hydrogens is 278 g/mol. The molecule has 1 aromatic heterocycles. The van der Waals surface area contributed by atoms with E-state index in [2.05, 4.69) is 53.7 Å². The van der Waals surface area contributed by atoms with Crippen LogP contribution in [0.1, 0.15) is 18.3 Å². The summed E-state index contributed by atoms with van der Waals surface area (Å²) < 4.78 is 2.03. The SMILES string of the molecule is C=C/C=C\C=C(/C)c1nnc(S)n1CCc1ccccc1. The highest BCUT2D eigenvalue weighted by molar-refractivity contribution is 7.80. The average molecular weight is 297 g/mol. The van der Waals surface area contributed by atoms with Crippen LogP contribution in [0.15, 0.2) is 66.4 Å². The van der Waals surface area contributed by atoms with E-state index >= 15 is 0 Å². The van der Waals surface area contributed by atoms with Crippen molar-refractivity contribution in [3.05, 3.63) is 72.6 Å². The summed E-state index contributed by atoms with van der Waals surface area (Å²) in [4.78, 5) is 0. The largest absolute Gasteiger partial charge is 0.302 e. The first-order valence-corrected chi connectivity index (χ1v) is 7.29. The number of aromatic nitrogens is 3. The van der Waals surface area contributed by atoms with Gasteiger partial charge in [0.05, 0.1) is 0 Å². The molecule has 0 aliphatic heterocycles. The first kappa shape index (κ1) is 15.3. The Morgan fingerprint density at radius 2 is 2.00 bits per heavy atom. The first-order chi connectivity index (χ1) is 10.2. The fraction of sp³-hybridized carbons (Fsp3) is 0.176. The topological polar surface area (TPSA) is 30.7 Å². The standard InChI is InChI=1S/C17H19N3S/c1-3-4-6-9-14(2)16-18-19-17(21)20(16)13-12-15-10-7-5-8-11-15/h3-11H,1,12-13H2,2H3,(H,19,21)/b6-4-,14-9+. The summed E-state index contributed by atoms with van der Waals surface area (Å²) in [5.41, 5.74) is 2.34. The highest BCUT2D eigenvalue weighted by Gasteiger charge is 2.10. The summed E-state index contributed by atoms with van der Waals surface area (Å²) in [6, 6.07) is 10.4. The van der Waals surface area contributed by atoms with E-state index in [-0.39, 0.29) is 0 Å². The van der Waals surface area contributed by atoms with Crippen LogP contribution in [0.4, 0.5) is 0 Å². The van der Waals surface area contributed by atoms with Crippen molar-refractivity contribution in [1.82, 2.24) is 14.8 Å². The van der Waals surface area contributed by atoms with Gasteiger partial charge in [-0.05, 0) is 24.5 Å². The monoisotopic (exact) mass is 297 g/mol. The Kier molecular flexibility index (Phi) is 5.58. The summed E-state index contributed by atoms with van der Waals surface area (Å²) in [7, 11) is 0. The molecule has 2 aromatic rings. The molecule has 0 fully saturated rings. The normalized spacial score (nSPS) is 12.0. The number of rotatable bonds is 6. The van der Waals surface area contributed by atoms with Gasteiger partial charge < -0.3 is 4.57 Å². The molecule has 4 heteroatoms. The summed E-state index contributed by atoms with van der Waals surface area (Å²) in [5.74, 6) is 0.852. The van der Waals surface area contributed by atoms with Crippen LogP contribution in [0, 0.1) is 0 Å². The van der Waals surface area contributed by atoms with Crippen LogP contribution in [-0.4, -0.2) is 14.8 Å². The second kappa shape index (κ2) is 7.64. The van der Waals surface area contributed by atoms with Gasteiger partial charge >= 0.3 is 0 Å². The smallest absolute Gasteiger partial charge is 0.188 e. The van der Waals surface area contributed by atoms with Crippen molar-refractivity contribution in [2.45, 2.75) is 25.0 Å². The van der Waals surface area contributed by atoms with Gasteiger partial charge in [0.15, 0.2) is 11.0 Å². The average Bonchev–Trinajstić information content (AvgIpc) is 2.87. The van der Waals surface area contributed by atoms with Crippen LogP contribution < -0.4 is 0 Å². The van der Waals surface area contributed by atoms with Crippen LogP contribution >= 0.6 is 12.6 Å². The minimum absolute atomic E-state index is 0.640. The molecule has 0 amide bonds. The lowest BCUT2D eigenvalue weighted by molar-refractivity contribution is 0.628. The molecule has 0 aliphatic carbocycles. The number of hydrogen-bond acceptors (Lipinski definition) is 3. The zero-order chi connectivity index (χ0) is 15.1. The fourth-order valence-corrected chi connectivity index (χ4v) is 2.27. The molecule has 0 aliphatic rings. The molecule has 0 radical (unpaired) electrons. The van der Waals surface area contributed by atoms with Crippen molar-refractivity contribution >= 4 is 18.2 Å². The third-order valence-corrected chi connectivity index (χ3v) is 3.48. The minimum Gasteiger partial charge on any atom is -0.302 e. The van der Waals surface area contributed by atoms with E-state index in [1.165, 1.54) is 5.56 Å². The van der Waals surface area contributed by atoms with Crippen molar-refractivity contribution in [2.75, 3.05) is 0 Å². The fourth-order valence-electron chi connectivity index (χ4n) is 2.03. The number of benzene rings is 1. The molecule has 108 valence electrons. The Morgan fingerprint density at radius 3 is 2.71 bits per heavy atom. The highest BCUT2D eigenvalue weighted by Crippen LogP contribution is 2.16. The lowest BCUT2D eigenvalue weighted by Gasteiger charge is -2.08. The first-order valence-electron chi connectivity index (χ1n) is 6.85. The molecule has 1 heterocycles. The Bertz CT molecular complexity index is 654. The molecule has 0 unspecified atom stereocenters. The van der Waals surface area contributed by atoms with Crippen molar-refractivity contribution in [3.63, 3.8) is 0 Å². The zero-order valence-corrected chi connectivity index (χ0v) is 13.0. The number of thiol groups is 1. The molecule has 0 spiro atoms. The highest BCUT2D eigenvalue weighted by atomic mass is 32.1. The zero-order valence-electron chi connectivity index (χ0n) is 12.1. The van der Waals surface area contributed by atoms with Gasteiger partial charge in [-0.25, -0.2) is 0 Å². The molecule has 1 aromatic carbocycles. The van der Waals surface area contributed by atoms with Crippen molar-refractivity contribution in [1.29, 1.82) is 0 Å². The van der Waals surface area contributed by atoms with E-state index in [1.54, 1.807) is 6.08 Å². The quantitative estimate of drug-likeness (QED) is 0.646. The Balaban J connectivity index is 2.16. The number of allylic oxidation sites excluding steroid dienone is 5. The second-order valence-corrected chi connectivity index (χ2v) is 5.08. The van der Waals surface area contributed by atoms with Crippen LogP contribution in [0.2, 0.25) is 0 Å². The Morgan fingerprint density at radius 1 is 1.24 bits per heavy atom. The maximum absolute atomic E-state index is 4.40. The van der Waals surface area contributed by atoms with Gasteiger partial charge in [-0.15, -0.1) is 22.8 Å². The molecule has 3 nitrogen and oxygen atoms in total. The van der Waals surface area contributed by atoms with Gasteiger partial charge in [-0.1, -0.05) is 61.2 Å². The molecule has 0 atom stereocenters. The number of nitrogens with zero attached hydrogens (tertiary/aromatic N) is 3. The van der Waals surface area contributed by atoms with Crippen LogP contribution in [0.5, 0.6) is 0 Å². The summed E-state index contributed by atoms with van der Waals surface area (Å²) in [6.45, 7) is 6.48.